The largest absolute Gasteiger partial charge is 0.494 e. The van der Waals surface area contributed by atoms with Crippen molar-refractivity contribution in [1.82, 2.24) is 0 Å². The van der Waals surface area contributed by atoms with E-state index in [1.54, 1.807) is 6.07 Å². The second kappa shape index (κ2) is 7.96. The quantitative estimate of drug-likeness (QED) is 0.712. The molecule has 0 aromatic heterocycles. The van der Waals surface area contributed by atoms with Gasteiger partial charge in [0.15, 0.2) is 0 Å². The molecule has 0 saturated carbocycles. The van der Waals surface area contributed by atoms with Crippen LogP contribution in [0.2, 0.25) is 0 Å². The Morgan fingerprint density at radius 3 is 2.20 bits per heavy atom. The predicted molar refractivity (Wildman–Crippen MR) is 90.5 cm³/mol. The van der Waals surface area contributed by atoms with Crippen LogP contribution in [0.1, 0.15) is 44.4 Å². The molecular formula is C18H17NO6. The van der Waals surface area contributed by atoms with E-state index in [4.69, 9.17) is 9.84 Å². The number of rotatable bonds is 7. The van der Waals surface area contributed by atoms with Gasteiger partial charge in [0, 0.05) is 0 Å². The van der Waals surface area contributed by atoms with E-state index in [2.05, 4.69) is 5.32 Å². The van der Waals surface area contributed by atoms with Crippen molar-refractivity contribution in [2.24, 2.45) is 0 Å². The number of nitrogens with one attached hydrogen (secondary N) is 1. The fourth-order valence-electron chi connectivity index (χ4n) is 2.18. The lowest BCUT2D eigenvalue weighted by Gasteiger charge is -2.12. The first kappa shape index (κ1) is 18.0. The molecule has 2 aromatic rings. The first-order valence-corrected chi connectivity index (χ1v) is 7.57. The molecule has 0 unspecified atom stereocenters. The van der Waals surface area contributed by atoms with Crippen LogP contribution in [-0.2, 0) is 0 Å². The molecule has 0 atom stereocenters. The number of aromatic carboxylic acids is 2. The number of carbonyl (C=O) groups excluding carboxylic acids is 1. The third-order valence-corrected chi connectivity index (χ3v) is 3.34. The second-order valence-corrected chi connectivity index (χ2v) is 5.17. The van der Waals surface area contributed by atoms with Crippen molar-refractivity contribution >= 4 is 23.5 Å². The number of benzene rings is 2. The van der Waals surface area contributed by atoms with Gasteiger partial charge in [-0.2, -0.15) is 0 Å². The van der Waals surface area contributed by atoms with Gasteiger partial charge in [0.2, 0.25) is 0 Å². The third kappa shape index (κ3) is 4.35. The molecule has 0 spiro atoms. The summed E-state index contributed by atoms with van der Waals surface area (Å²) in [5, 5.41) is 20.9. The fourth-order valence-corrected chi connectivity index (χ4v) is 2.18. The molecule has 2 aromatic carbocycles. The van der Waals surface area contributed by atoms with E-state index < -0.39 is 17.8 Å². The van der Waals surface area contributed by atoms with Crippen molar-refractivity contribution in [3.63, 3.8) is 0 Å². The Morgan fingerprint density at radius 2 is 1.60 bits per heavy atom. The summed E-state index contributed by atoms with van der Waals surface area (Å²) in [6.45, 7) is 2.36. The van der Waals surface area contributed by atoms with Gasteiger partial charge in [0.1, 0.15) is 5.75 Å². The van der Waals surface area contributed by atoms with Gasteiger partial charge in [-0.3, -0.25) is 4.79 Å². The first-order chi connectivity index (χ1) is 11.9. The van der Waals surface area contributed by atoms with E-state index in [0.29, 0.717) is 12.4 Å². The fraction of sp³-hybridized carbons (Fsp3) is 0.167. The highest BCUT2D eigenvalue weighted by atomic mass is 16.5. The highest BCUT2D eigenvalue weighted by Crippen LogP contribution is 2.23. The monoisotopic (exact) mass is 343 g/mol. The summed E-state index contributed by atoms with van der Waals surface area (Å²) in [6, 6.07) is 9.96. The molecule has 0 saturated heterocycles. The Hall–Kier alpha value is -3.35. The molecule has 25 heavy (non-hydrogen) atoms. The molecule has 0 bridgehead atoms. The van der Waals surface area contributed by atoms with E-state index in [-0.39, 0.29) is 22.4 Å². The summed E-state index contributed by atoms with van der Waals surface area (Å²) in [6.07, 6.45) is 0.771. The van der Waals surface area contributed by atoms with Gasteiger partial charge in [0.25, 0.3) is 5.91 Å². The van der Waals surface area contributed by atoms with Gasteiger partial charge in [-0.1, -0.05) is 19.1 Å². The number of amides is 1. The van der Waals surface area contributed by atoms with Crippen LogP contribution >= 0.6 is 0 Å². The average Bonchev–Trinajstić information content (AvgIpc) is 2.60. The molecule has 0 aliphatic heterocycles. The minimum Gasteiger partial charge on any atom is -0.494 e. The van der Waals surface area contributed by atoms with Crippen LogP contribution in [0.3, 0.4) is 0 Å². The van der Waals surface area contributed by atoms with Crippen LogP contribution in [0.15, 0.2) is 42.5 Å². The molecular weight excluding hydrogens is 326 g/mol. The van der Waals surface area contributed by atoms with Gasteiger partial charge in [-0.15, -0.1) is 0 Å². The van der Waals surface area contributed by atoms with Crippen LogP contribution in [0.5, 0.6) is 5.75 Å². The van der Waals surface area contributed by atoms with Crippen LogP contribution < -0.4 is 10.1 Å². The summed E-state index contributed by atoms with van der Waals surface area (Å²) < 4.78 is 5.39. The van der Waals surface area contributed by atoms with Crippen molar-refractivity contribution in [1.29, 1.82) is 0 Å². The second-order valence-electron chi connectivity index (χ2n) is 5.17. The lowest BCUT2D eigenvalue weighted by atomic mass is 10.1. The van der Waals surface area contributed by atoms with E-state index >= 15 is 0 Å². The van der Waals surface area contributed by atoms with Crippen LogP contribution in [0.25, 0.3) is 0 Å². The normalized spacial score (nSPS) is 10.1. The molecule has 0 aliphatic rings. The zero-order chi connectivity index (χ0) is 18.4. The number of hydrogen-bond acceptors (Lipinski definition) is 4. The van der Waals surface area contributed by atoms with Gasteiger partial charge < -0.3 is 20.3 Å². The maximum absolute atomic E-state index is 12.4. The van der Waals surface area contributed by atoms with Crippen molar-refractivity contribution in [2.45, 2.75) is 13.3 Å². The standard InChI is InChI=1S/C18H17NO6/c1-2-9-25-11-7-8-15(14(10-11)18(23)24)19-16(20)12-5-3-4-6-13(12)17(21)22/h3-8,10H,2,9H2,1H3,(H,19,20)(H,21,22)(H,23,24). The highest BCUT2D eigenvalue weighted by Gasteiger charge is 2.19. The average molecular weight is 343 g/mol. The minimum atomic E-state index is -1.24. The van der Waals surface area contributed by atoms with Gasteiger partial charge in [-0.25, -0.2) is 9.59 Å². The maximum atomic E-state index is 12.4. The van der Waals surface area contributed by atoms with Crippen LogP contribution in [0, 0.1) is 0 Å². The Bertz CT molecular complexity index is 815. The molecule has 1 amide bonds. The van der Waals surface area contributed by atoms with Crippen molar-refractivity contribution in [2.75, 3.05) is 11.9 Å². The summed E-state index contributed by atoms with van der Waals surface area (Å²) in [4.78, 5) is 35.0. The lowest BCUT2D eigenvalue weighted by Crippen LogP contribution is -2.18. The van der Waals surface area contributed by atoms with E-state index in [1.165, 1.54) is 36.4 Å². The third-order valence-electron chi connectivity index (χ3n) is 3.34. The number of anilines is 1. The Balaban J connectivity index is 2.32. The molecule has 3 N–H and O–H groups in total. The Morgan fingerprint density at radius 1 is 0.960 bits per heavy atom. The van der Waals surface area contributed by atoms with Crippen molar-refractivity contribution in [3.05, 3.63) is 59.2 Å². The van der Waals surface area contributed by atoms with Crippen molar-refractivity contribution in [3.8, 4) is 5.75 Å². The number of ether oxygens (including phenoxy) is 1. The first-order valence-electron chi connectivity index (χ1n) is 7.57. The smallest absolute Gasteiger partial charge is 0.337 e. The zero-order valence-corrected chi connectivity index (χ0v) is 13.5. The van der Waals surface area contributed by atoms with Crippen LogP contribution in [-0.4, -0.2) is 34.7 Å². The van der Waals surface area contributed by atoms with E-state index in [0.717, 1.165) is 6.42 Å². The van der Waals surface area contributed by atoms with E-state index in [1.807, 2.05) is 6.92 Å². The zero-order valence-electron chi connectivity index (χ0n) is 13.5. The number of carboxylic acid groups (broad SMARTS) is 2. The molecule has 130 valence electrons. The molecule has 7 nitrogen and oxygen atoms in total. The summed E-state index contributed by atoms with van der Waals surface area (Å²) in [5.74, 6) is -2.80. The number of carboxylic acids is 2. The van der Waals surface area contributed by atoms with Gasteiger partial charge in [0.05, 0.1) is 29.0 Å². The molecule has 7 heteroatoms. The summed E-state index contributed by atoms with van der Waals surface area (Å²) in [7, 11) is 0. The molecule has 0 aliphatic carbocycles. The topological polar surface area (TPSA) is 113 Å². The number of hydrogen-bond donors (Lipinski definition) is 3. The number of carbonyl (C=O) groups is 3. The van der Waals surface area contributed by atoms with E-state index in [9.17, 15) is 19.5 Å². The Kier molecular flexibility index (Phi) is 5.73. The molecule has 0 fully saturated rings. The SMILES string of the molecule is CCCOc1ccc(NC(=O)c2ccccc2C(=O)O)c(C(=O)O)c1. The van der Waals surface area contributed by atoms with Crippen molar-refractivity contribution < 1.29 is 29.3 Å². The predicted octanol–water partition coefficient (Wildman–Crippen LogP) is 3.12. The van der Waals surface area contributed by atoms with Gasteiger partial charge in [-0.05, 0) is 36.8 Å². The molecule has 2 rings (SSSR count). The Labute approximate surface area is 143 Å². The lowest BCUT2D eigenvalue weighted by molar-refractivity contribution is 0.0684. The highest BCUT2D eigenvalue weighted by molar-refractivity contribution is 6.12. The molecule has 0 heterocycles. The molecule has 0 radical (unpaired) electrons. The summed E-state index contributed by atoms with van der Waals surface area (Å²) >= 11 is 0. The minimum absolute atomic E-state index is 0.0570. The summed E-state index contributed by atoms with van der Waals surface area (Å²) in [5.41, 5.74) is -0.311. The maximum Gasteiger partial charge on any atom is 0.337 e. The van der Waals surface area contributed by atoms with Crippen LogP contribution in [0.4, 0.5) is 5.69 Å². The van der Waals surface area contributed by atoms with Gasteiger partial charge >= 0.3 is 11.9 Å².